The van der Waals surface area contributed by atoms with Gasteiger partial charge >= 0.3 is 5.97 Å². The van der Waals surface area contributed by atoms with E-state index in [-0.39, 0.29) is 17.9 Å². The van der Waals surface area contributed by atoms with Gasteiger partial charge in [0.1, 0.15) is 18.1 Å². The Morgan fingerprint density at radius 3 is 3.10 bits per heavy atom. The molecule has 1 saturated heterocycles. The number of ether oxygens (including phenoxy) is 1. The zero-order valence-corrected chi connectivity index (χ0v) is 11.8. The van der Waals surface area contributed by atoms with Crippen molar-refractivity contribution in [3.05, 3.63) is 22.2 Å². The molecule has 0 spiro atoms. The van der Waals surface area contributed by atoms with Crippen molar-refractivity contribution in [1.29, 1.82) is 0 Å². The van der Waals surface area contributed by atoms with Gasteiger partial charge in [0.2, 0.25) is 0 Å². The largest absolute Gasteiger partial charge is 0.466 e. The Labute approximate surface area is 117 Å². The first-order valence-corrected chi connectivity index (χ1v) is 6.82. The van der Waals surface area contributed by atoms with Crippen LogP contribution in [0.15, 0.2) is 10.9 Å². The predicted octanol–water partition coefficient (Wildman–Crippen LogP) is -0.326. The summed E-state index contributed by atoms with van der Waals surface area (Å²) < 4.78 is 4.86. The summed E-state index contributed by atoms with van der Waals surface area (Å²) in [5.74, 6) is 0.569. The van der Waals surface area contributed by atoms with Crippen LogP contribution in [-0.2, 0) is 16.0 Å². The summed E-state index contributed by atoms with van der Waals surface area (Å²) >= 11 is 0. The molecule has 2 rings (SSSR count). The molecular weight excluding hydrogens is 260 g/mol. The fraction of sp³-hybridized carbons (Fsp3) is 0.615. The number of nitrogens with one attached hydrogen (secondary N) is 2. The summed E-state index contributed by atoms with van der Waals surface area (Å²) in [6.45, 7) is 6.57. The molecule has 20 heavy (non-hydrogen) atoms. The summed E-state index contributed by atoms with van der Waals surface area (Å²) in [6.07, 6.45) is -0.0153. The van der Waals surface area contributed by atoms with Gasteiger partial charge < -0.3 is 19.9 Å². The molecule has 1 aliphatic heterocycles. The minimum Gasteiger partial charge on any atom is -0.466 e. The minimum absolute atomic E-state index is 0.0153. The molecule has 0 bridgehead atoms. The van der Waals surface area contributed by atoms with E-state index in [0.29, 0.717) is 24.3 Å². The van der Waals surface area contributed by atoms with Gasteiger partial charge in [0.25, 0.3) is 5.56 Å². The first-order chi connectivity index (χ1) is 9.58. The van der Waals surface area contributed by atoms with Crippen molar-refractivity contribution in [2.75, 3.05) is 31.1 Å². The molecule has 0 amide bonds. The van der Waals surface area contributed by atoms with Gasteiger partial charge in [0.15, 0.2) is 0 Å². The number of piperazine rings is 1. The second-order valence-electron chi connectivity index (χ2n) is 4.83. The van der Waals surface area contributed by atoms with Crippen molar-refractivity contribution in [3.8, 4) is 0 Å². The SMILES string of the molecule is CCOC(=O)Cc1nc(N2CCNC(C)C2)cc(=O)[nH]1. The fourth-order valence-electron chi connectivity index (χ4n) is 2.23. The molecule has 0 saturated carbocycles. The lowest BCUT2D eigenvalue weighted by Gasteiger charge is -2.32. The van der Waals surface area contributed by atoms with E-state index in [4.69, 9.17) is 4.74 Å². The summed E-state index contributed by atoms with van der Waals surface area (Å²) in [7, 11) is 0. The molecule has 110 valence electrons. The number of carbonyl (C=O) groups excluding carboxylic acids is 1. The number of carbonyl (C=O) groups is 1. The van der Waals surface area contributed by atoms with Crippen molar-refractivity contribution in [2.24, 2.45) is 0 Å². The maximum absolute atomic E-state index is 11.7. The lowest BCUT2D eigenvalue weighted by atomic mass is 10.2. The maximum Gasteiger partial charge on any atom is 0.313 e. The summed E-state index contributed by atoms with van der Waals surface area (Å²) in [5, 5.41) is 3.33. The number of hydrogen-bond acceptors (Lipinski definition) is 6. The molecule has 2 heterocycles. The Morgan fingerprint density at radius 1 is 1.60 bits per heavy atom. The lowest BCUT2D eigenvalue weighted by Crippen LogP contribution is -2.49. The van der Waals surface area contributed by atoms with Gasteiger partial charge in [-0.05, 0) is 13.8 Å². The third-order valence-corrected chi connectivity index (χ3v) is 3.09. The van der Waals surface area contributed by atoms with Crippen LogP contribution in [-0.4, -0.2) is 48.2 Å². The number of anilines is 1. The molecule has 1 aliphatic rings. The van der Waals surface area contributed by atoms with E-state index in [2.05, 4.69) is 22.2 Å². The van der Waals surface area contributed by atoms with Gasteiger partial charge in [0.05, 0.1) is 6.61 Å². The number of H-pyrrole nitrogens is 1. The quantitative estimate of drug-likeness (QED) is 0.735. The van der Waals surface area contributed by atoms with Gasteiger partial charge in [-0.15, -0.1) is 0 Å². The Bertz CT molecular complexity index is 529. The standard InChI is InChI=1S/C13H20N4O3/c1-3-20-13(19)6-10-15-11(7-12(18)16-10)17-5-4-14-9(2)8-17/h7,9,14H,3-6,8H2,1-2H3,(H,15,16,18). The predicted molar refractivity (Wildman–Crippen MR) is 74.9 cm³/mol. The van der Waals surface area contributed by atoms with Gasteiger partial charge in [-0.1, -0.05) is 0 Å². The fourth-order valence-corrected chi connectivity index (χ4v) is 2.23. The maximum atomic E-state index is 11.7. The average molecular weight is 280 g/mol. The number of hydrogen-bond donors (Lipinski definition) is 2. The molecule has 1 fully saturated rings. The molecule has 0 aromatic carbocycles. The normalized spacial score (nSPS) is 18.9. The summed E-state index contributed by atoms with van der Waals surface area (Å²) in [4.78, 5) is 32.1. The zero-order chi connectivity index (χ0) is 14.5. The molecule has 0 radical (unpaired) electrons. The average Bonchev–Trinajstić information content (AvgIpc) is 2.38. The number of esters is 1. The number of aromatic nitrogens is 2. The summed E-state index contributed by atoms with van der Waals surface area (Å²) in [6, 6.07) is 1.81. The molecule has 7 heteroatoms. The smallest absolute Gasteiger partial charge is 0.313 e. The van der Waals surface area contributed by atoms with Gasteiger partial charge in [-0.3, -0.25) is 9.59 Å². The highest BCUT2D eigenvalue weighted by Gasteiger charge is 2.18. The lowest BCUT2D eigenvalue weighted by molar-refractivity contribution is -0.142. The highest BCUT2D eigenvalue weighted by molar-refractivity contribution is 5.71. The van der Waals surface area contributed by atoms with Gasteiger partial charge in [-0.25, -0.2) is 4.98 Å². The molecule has 7 nitrogen and oxygen atoms in total. The molecule has 1 unspecified atom stereocenters. The van der Waals surface area contributed by atoms with E-state index in [1.165, 1.54) is 6.07 Å². The number of nitrogens with zero attached hydrogens (tertiary/aromatic N) is 2. The van der Waals surface area contributed by atoms with Crippen LogP contribution in [0, 0.1) is 0 Å². The Morgan fingerprint density at radius 2 is 2.40 bits per heavy atom. The molecule has 0 aliphatic carbocycles. The highest BCUT2D eigenvalue weighted by atomic mass is 16.5. The van der Waals surface area contributed by atoms with Crippen molar-refractivity contribution < 1.29 is 9.53 Å². The third-order valence-electron chi connectivity index (χ3n) is 3.09. The zero-order valence-electron chi connectivity index (χ0n) is 11.8. The second-order valence-corrected chi connectivity index (χ2v) is 4.83. The highest BCUT2D eigenvalue weighted by Crippen LogP contribution is 2.11. The van der Waals surface area contributed by atoms with Crippen LogP contribution < -0.4 is 15.8 Å². The minimum atomic E-state index is -0.388. The Hall–Kier alpha value is -1.89. The van der Waals surface area contributed by atoms with Crippen LogP contribution in [0.25, 0.3) is 0 Å². The molecule has 1 aromatic heterocycles. The van der Waals surface area contributed by atoms with Crippen LogP contribution in [0.2, 0.25) is 0 Å². The molecule has 1 atom stereocenters. The summed E-state index contributed by atoms with van der Waals surface area (Å²) in [5.41, 5.74) is -0.250. The topological polar surface area (TPSA) is 87.3 Å². The number of aromatic amines is 1. The Balaban J connectivity index is 2.15. The van der Waals surface area contributed by atoms with Crippen molar-refractivity contribution >= 4 is 11.8 Å². The van der Waals surface area contributed by atoms with E-state index in [1.807, 2.05) is 4.90 Å². The monoisotopic (exact) mass is 280 g/mol. The van der Waals surface area contributed by atoms with E-state index in [0.717, 1.165) is 19.6 Å². The van der Waals surface area contributed by atoms with E-state index < -0.39 is 0 Å². The van der Waals surface area contributed by atoms with Crippen molar-refractivity contribution in [2.45, 2.75) is 26.3 Å². The first kappa shape index (κ1) is 14.5. The second kappa shape index (κ2) is 6.51. The van der Waals surface area contributed by atoms with Crippen LogP contribution in [0.4, 0.5) is 5.82 Å². The Kier molecular flexibility index (Phi) is 4.73. The van der Waals surface area contributed by atoms with Crippen LogP contribution in [0.3, 0.4) is 0 Å². The van der Waals surface area contributed by atoms with E-state index in [9.17, 15) is 9.59 Å². The van der Waals surface area contributed by atoms with Gasteiger partial charge in [-0.2, -0.15) is 0 Å². The van der Waals surface area contributed by atoms with Crippen molar-refractivity contribution in [1.82, 2.24) is 15.3 Å². The molecule has 2 N–H and O–H groups in total. The van der Waals surface area contributed by atoms with Crippen LogP contribution in [0.5, 0.6) is 0 Å². The third kappa shape index (κ3) is 3.80. The van der Waals surface area contributed by atoms with E-state index >= 15 is 0 Å². The molecule has 1 aromatic rings. The number of rotatable bonds is 4. The van der Waals surface area contributed by atoms with Gasteiger partial charge in [0, 0.05) is 31.7 Å². The van der Waals surface area contributed by atoms with Crippen molar-refractivity contribution in [3.63, 3.8) is 0 Å². The molecular formula is C13H20N4O3. The first-order valence-electron chi connectivity index (χ1n) is 6.82. The van der Waals surface area contributed by atoms with E-state index in [1.54, 1.807) is 6.92 Å². The van der Waals surface area contributed by atoms with Crippen LogP contribution in [0.1, 0.15) is 19.7 Å². The van der Waals surface area contributed by atoms with Crippen LogP contribution >= 0.6 is 0 Å².